The van der Waals surface area contributed by atoms with Gasteiger partial charge in [-0.1, -0.05) is 26.0 Å². The van der Waals surface area contributed by atoms with Crippen LogP contribution in [0.4, 0.5) is 4.39 Å². The molecule has 204 valence electrons. The van der Waals surface area contributed by atoms with Crippen molar-refractivity contribution in [2.75, 3.05) is 26.3 Å². The molecule has 0 aliphatic carbocycles. The molecule has 0 fully saturated rings. The molecule has 0 bridgehead atoms. The largest absolute Gasteiger partial charge is 0.493 e. The van der Waals surface area contributed by atoms with Crippen molar-refractivity contribution in [3.05, 3.63) is 59.9 Å². The van der Waals surface area contributed by atoms with E-state index in [2.05, 4.69) is 21.3 Å². The number of nitrogens with one attached hydrogen (secondary N) is 4. The first kappa shape index (κ1) is 28.4. The lowest BCUT2D eigenvalue weighted by atomic mass is 10.0. The Morgan fingerprint density at radius 2 is 1.84 bits per heavy atom. The van der Waals surface area contributed by atoms with Crippen molar-refractivity contribution in [1.82, 2.24) is 21.3 Å². The third kappa shape index (κ3) is 8.46. The predicted molar refractivity (Wildman–Crippen MR) is 137 cm³/mol. The SMILES string of the molecule is CC(C)[C@H]1NC(=O)C[C@@H](C(=O)NCCOc2ccc(F)cc2)NC(=O)c2ccccc2OCCCNC1=O. The standard InChI is InChI=1S/C27H33FN4O6/c1-17(2)24-27(36)29-12-5-14-38-22-7-4-3-6-20(22)25(34)31-21(16-23(33)32-24)26(35)30-13-15-37-19-10-8-18(28)9-11-19/h3-4,6-11,17,21,24H,5,12-16H2,1-2H3,(H,29,36)(H,30,35)(H,31,34)(H,32,33)/t21-,24+/m0/s1. The van der Waals surface area contributed by atoms with E-state index in [1.165, 1.54) is 24.3 Å². The summed E-state index contributed by atoms with van der Waals surface area (Å²) in [4.78, 5) is 51.7. The minimum absolute atomic E-state index is 0.0704. The summed E-state index contributed by atoms with van der Waals surface area (Å²) in [5.74, 6) is -1.95. The fraction of sp³-hybridized carbons (Fsp3) is 0.407. The number of fused-ring (bicyclic) bond motifs is 1. The Morgan fingerprint density at radius 1 is 1.11 bits per heavy atom. The highest BCUT2D eigenvalue weighted by molar-refractivity contribution is 6.01. The number of halogens is 1. The maximum Gasteiger partial charge on any atom is 0.255 e. The molecule has 2 aromatic carbocycles. The van der Waals surface area contributed by atoms with Crippen LogP contribution >= 0.6 is 0 Å². The van der Waals surface area contributed by atoms with Gasteiger partial charge in [0.05, 0.1) is 25.1 Å². The summed E-state index contributed by atoms with van der Waals surface area (Å²) in [6.45, 7) is 4.33. The zero-order chi connectivity index (χ0) is 27.5. The van der Waals surface area contributed by atoms with Gasteiger partial charge in [-0.3, -0.25) is 19.2 Å². The number of rotatable bonds is 6. The number of para-hydroxylation sites is 1. The summed E-state index contributed by atoms with van der Waals surface area (Å²) in [5, 5.41) is 10.7. The van der Waals surface area contributed by atoms with E-state index in [9.17, 15) is 23.6 Å². The molecule has 38 heavy (non-hydrogen) atoms. The molecule has 4 N–H and O–H groups in total. The molecule has 0 unspecified atom stereocenters. The first-order chi connectivity index (χ1) is 18.2. The first-order valence-corrected chi connectivity index (χ1v) is 12.5. The van der Waals surface area contributed by atoms with Gasteiger partial charge in [0, 0.05) is 6.54 Å². The van der Waals surface area contributed by atoms with Gasteiger partial charge in [-0.25, -0.2) is 4.39 Å². The molecule has 3 rings (SSSR count). The van der Waals surface area contributed by atoms with Crippen LogP contribution in [-0.2, 0) is 14.4 Å². The number of amides is 4. The second kappa shape index (κ2) is 14.0. The molecule has 0 aromatic heterocycles. The lowest BCUT2D eigenvalue weighted by Gasteiger charge is -2.23. The van der Waals surface area contributed by atoms with E-state index in [4.69, 9.17) is 9.47 Å². The van der Waals surface area contributed by atoms with Crippen molar-refractivity contribution in [2.24, 2.45) is 5.92 Å². The van der Waals surface area contributed by atoms with Crippen LogP contribution in [0.5, 0.6) is 11.5 Å². The van der Waals surface area contributed by atoms with Crippen LogP contribution in [0.15, 0.2) is 48.5 Å². The van der Waals surface area contributed by atoms with Crippen LogP contribution < -0.4 is 30.7 Å². The van der Waals surface area contributed by atoms with Crippen molar-refractivity contribution in [2.45, 2.75) is 38.8 Å². The zero-order valence-electron chi connectivity index (χ0n) is 21.4. The van der Waals surface area contributed by atoms with Crippen LogP contribution in [-0.4, -0.2) is 62.0 Å². The van der Waals surface area contributed by atoms with E-state index in [-0.39, 0.29) is 37.1 Å². The van der Waals surface area contributed by atoms with Gasteiger partial charge in [0.2, 0.25) is 17.7 Å². The van der Waals surface area contributed by atoms with Crippen molar-refractivity contribution in [1.29, 1.82) is 0 Å². The fourth-order valence-electron chi connectivity index (χ4n) is 3.75. The third-order valence-electron chi connectivity index (χ3n) is 5.77. The van der Waals surface area contributed by atoms with Crippen molar-refractivity contribution in [3.63, 3.8) is 0 Å². The summed E-state index contributed by atoms with van der Waals surface area (Å²) in [7, 11) is 0. The van der Waals surface area contributed by atoms with Crippen LogP contribution in [0, 0.1) is 11.7 Å². The average Bonchev–Trinajstić information content (AvgIpc) is 2.89. The number of ether oxygens (including phenoxy) is 2. The zero-order valence-corrected chi connectivity index (χ0v) is 21.4. The van der Waals surface area contributed by atoms with Gasteiger partial charge >= 0.3 is 0 Å². The second-order valence-electron chi connectivity index (χ2n) is 9.10. The Hall–Kier alpha value is -4.15. The van der Waals surface area contributed by atoms with Crippen LogP contribution in [0.1, 0.15) is 37.0 Å². The van der Waals surface area contributed by atoms with Crippen LogP contribution in [0.25, 0.3) is 0 Å². The summed E-state index contributed by atoms with van der Waals surface area (Å²) in [6.07, 6.45) is 0.0986. The van der Waals surface area contributed by atoms with E-state index in [0.29, 0.717) is 24.5 Å². The van der Waals surface area contributed by atoms with Gasteiger partial charge in [0.15, 0.2) is 0 Å². The number of hydrogen-bond acceptors (Lipinski definition) is 6. The molecule has 0 saturated carbocycles. The normalized spacial score (nSPS) is 19.0. The summed E-state index contributed by atoms with van der Waals surface area (Å²) in [6, 6.07) is 9.96. The third-order valence-corrected chi connectivity index (χ3v) is 5.77. The van der Waals surface area contributed by atoms with Gasteiger partial charge in [-0.15, -0.1) is 0 Å². The number of carbonyl (C=O) groups excluding carboxylic acids is 4. The van der Waals surface area contributed by atoms with Gasteiger partial charge in [0.1, 0.15) is 36.0 Å². The molecule has 0 spiro atoms. The van der Waals surface area contributed by atoms with Crippen molar-refractivity contribution in [3.8, 4) is 11.5 Å². The van der Waals surface area contributed by atoms with Gasteiger partial charge in [-0.05, 0) is 48.7 Å². The summed E-state index contributed by atoms with van der Waals surface area (Å²) >= 11 is 0. The molecule has 0 saturated heterocycles. The Balaban J connectivity index is 1.73. The van der Waals surface area contributed by atoms with E-state index < -0.39 is 42.0 Å². The van der Waals surface area contributed by atoms with Crippen LogP contribution in [0.3, 0.4) is 0 Å². The quantitative estimate of drug-likeness (QED) is 0.421. The maximum absolute atomic E-state index is 13.1. The van der Waals surface area contributed by atoms with E-state index in [1.807, 2.05) is 0 Å². The highest BCUT2D eigenvalue weighted by atomic mass is 19.1. The maximum atomic E-state index is 13.1. The van der Waals surface area contributed by atoms with E-state index >= 15 is 0 Å². The van der Waals surface area contributed by atoms with E-state index in [0.717, 1.165) is 0 Å². The average molecular weight is 529 g/mol. The predicted octanol–water partition coefficient (Wildman–Crippen LogP) is 1.55. The minimum Gasteiger partial charge on any atom is -0.493 e. The molecule has 1 heterocycles. The molecule has 0 radical (unpaired) electrons. The number of hydrogen-bond donors (Lipinski definition) is 4. The van der Waals surface area contributed by atoms with Crippen molar-refractivity contribution >= 4 is 23.6 Å². The van der Waals surface area contributed by atoms with Crippen LogP contribution in [0.2, 0.25) is 0 Å². The monoisotopic (exact) mass is 528 g/mol. The Morgan fingerprint density at radius 3 is 2.58 bits per heavy atom. The highest BCUT2D eigenvalue weighted by Gasteiger charge is 2.29. The van der Waals surface area contributed by atoms with E-state index in [1.54, 1.807) is 38.1 Å². The number of benzene rings is 2. The highest BCUT2D eigenvalue weighted by Crippen LogP contribution is 2.19. The first-order valence-electron chi connectivity index (χ1n) is 12.5. The molecular formula is C27H33FN4O6. The molecular weight excluding hydrogens is 495 g/mol. The Labute approximate surface area is 220 Å². The van der Waals surface area contributed by atoms with Gasteiger partial charge < -0.3 is 30.7 Å². The molecule has 4 amide bonds. The molecule has 2 aromatic rings. The molecule has 10 nitrogen and oxygen atoms in total. The summed E-state index contributed by atoms with van der Waals surface area (Å²) in [5.41, 5.74) is 0.212. The van der Waals surface area contributed by atoms with Crippen molar-refractivity contribution < 1.29 is 33.0 Å². The lowest BCUT2D eigenvalue weighted by Crippen LogP contribution is -2.53. The topological polar surface area (TPSA) is 135 Å². The lowest BCUT2D eigenvalue weighted by molar-refractivity contribution is -0.131. The molecule has 1 aliphatic rings. The second-order valence-corrected chi connectivity index (χ2v) is 9.10. The fourth-order valence-corrected chi connectivity index (χ4v) is 3.75. The summed E-state index contributed by atoms with van der Waals surface area (Å²) < 4.78 is 24.3. The van der Waals surface area contributed by atoms with Gasteiger partial charge in [0.25, 0.3) is 5.91 Å². The number of carbonyl (C=O) groups is 4. The molecule has 11 heteroatoms. The Bertz CT molecular complexity index is 1120. The molecule has 1 aliphatic heterocycles. The smallest absolute Gasteiger partial charge is 0.255 e. The van der Waals surface area contributed by atoms with Gasteiger partial charge in [-0.2, -0.15) is 0 Å². The Kier molecular flexibility index (Phi) is 10.4. The minimum atomic E-state index is -1.23. The molecule has 2 atom stereocenters.